The SMILES string of the molecule is CC(C)CCCOc1ccc2ccccc2c1C=O. The zero-order valence-electron chi connectivity index (χ0n) is 11.6. The number of aldehydes is 1. The van der Waals surface area contributed by atoms with Crippen molar-refractivity contribution in [1.82, 2.24) is 0 Å². The van der Waals surface area contributed by atoms with E-state index in [0.29, 0.717) is 23.8 Å². The molecule has 0 bridgehead atoms. The third-order valence-electron chi connectivity index (χ3n) is 3.23. The largest absolute Gasteiger partial charge is 0.493 e. The summed E-state index contributed by atoms with van der Waals surface area (Å²) in [6.07, 6.45) is 3.05. The minimum absolute atomic E-state index is 0.655. The summed E-state index contributed by atoms with van der Waals surface area (Å²) in [5.41, 5.74) is 0.655. The summed E-state index contributed by atoms with van der Waals surface area (Å²) in [7, 11) is 0. The highest BCUT2D eigenvalue weighted by Gasteiger charge is 2.07. The molecule has 0 radical (unpaired) electrons. The van der Waals surface area contributed by atoms with Crippen LogP contribution in [0.15, 0.2) is 36.4 Å². The van der Waals surface area contributed by atoms with Gasteiger partial charge < -0.3 is 4.74 Å². The van der Waals surface area contributed by atoms with Crippen molar-refractivity contribution in [3.63, 3.8) is 0 Å². The van der Waals surface area contributed by atoms with Crippen LogP contribution in [0.5, 0.6) is 5.75 Å². The van der Waals surface area contributed by atoms with Gasteiger partial charge in [-0.15, -0.1) is 0 Å². The normalized spacial score (nSPS) is 10.9. The molecule has 100 valence electrons. The average molecular weight is 256 g/mol. The number of rotatable bonds is 6. The summed E-state index contributed by atoms with van der Waals surface area (Å²) in [6.45, 7) is 5.07. The summed E-state index contributed by atoms with van der Waals surface area (Å²) < 4.78 is 5.76. The molecule has 2 heteroatoms. The zero-order valence-corrected chi connectivity index (χ0v) is 11.6. The van der Waals surface area contributed by atoms with Crippen LogP contribution in [0.2, 0.25) is 0 Å². The van der Waals surface area contributed by atoms with E-state index in [2.05, 4.69) is 13.8 Å². The topological polar surface area (TPSA) is 26.3 Å². The molecule has 19 heavy (non-hydrogen) atoms. The minimum Gasteiger partial charge on any atom is -0.493 e. The highest BCUT2D eigenvalue weighted by Crippen LogP contribution is 2.26. The van der Waals surface area contributed by atoms with Gasteiger partial charge >= 0.3 is 0 Å². The molecule has 0 fully saturated rings. The Morgan fingerprint density at radius 2 is 1.95 bits per heavy atom. The first-order valence-electron chi connectivity index (χ1n) is 6.82. The van der Waals surface area contributed by atoms with Crippen LogP contribution in [-0.4, -0.2) is 12.9 Å². The minimum atomic E-state index is 0.655. The first-order valence-corrected chi connectivity index (χ1v) is 6.82. The van der Waals surface area contributed by atoms with Crippen LogP contribution in [0.1, 0.15) is 37.0 Å². The van der Waals surface area contributed by atoms with E-state index in [1.54, 1.807) is 0 Å². The van der Waals surface area contributed by atoms with Crippen molar-refractivity contribution in [2.24, 2.45) is 5.92 Å². The molecule has 0 aliphatic carbocycles. The van der Waals surface area contributed by atoms with Gasteiger partial charge in [-0.3, -0.25) is 4.79 Å². The molecular weight excluding hydrogens is 236 g/mol. The fourth-order valence-corrected chi connectivity index (χ4v) is 2.20. The van der Waals surface area contributed by atoms with Crippen molar-refractivity contribution >= 4 is 17.1 Å². The highest BCUT2D eigenvalue weighted by molar-refractivity contribution is 6.00. The Morgan fingerprint density at radius 1 is 1.16 bits per heavy atom. The van der Waals surface area contributed by atoms with Crippen molar-refractivity contribution < 1.29 is 9.53 Å². The molecule has 0 atom stereocenters. The van der Waals surface area contributed by atoms with Crippen molar-refractivity contribution in [3.05, 3.63) is 42.0 Å². The fourth-order valence-electron chi connectivity index (χ4n) is 2.20. The van der Waals surface area contributed by atoms with E-state index in [1.807, 2.05) is 36.4 Å². The van der Waals surface area contributed by atoms with E-state index in [0.717, 1.165) is 29.9 Å². The van der Waals surface area contributed by atoms with Crippen LogP contribution < -0.4 is 4.74 Å². The Labute approximate surface area is 114 Å². The van der Waals surface area contributed by atoms with Gasteiger partial charge in [0.2, 0.25) is 0 Å². The highest BCUT2D eigenvalue weighted by atomic mass is 16.5. The maximum absolute atomic E-state index is 11.3. The van der Waals surface area contributed by atoms with Crippen LogP contribution >= 0.6 is 0 Å². The Balaban J connectivity index is 2.16. The summed E-state index contributed by atoms with van der Waals surface area (Å²) in [4.78, 5) is 11.3. The predicted molar refractivity (Wildman–Crippen MR) is 78.9 cm³/mol. The van der Waals surface area contributed by atoms with Crippen LogP contribution in [0.3, 0.4) is 0 Å². The Hall–Kier alpha value is -1.83. The molecule has 0 amide bonds. The van der Waals surface area contributed by atoms with E-state index in [9.17, 15) is 4.79 Å². The van der Waals surface area contributed by atoms with Crippen LogP contribution in [0, 0.1) is 5.92 Å². The molecule has 2 aromatic carbocycles. The van der Waals surface area contributed by atoms with E-state index in [4.69, 9.17) is 4.74 Å². The number of ether oxygens (including phenoxy) is 1. The van der Waals surface area contributed by atoms with Crippen LogP contribution in [0.25, 0.3) is 10.8 Å². The Morgan fingerprint density at radius 3 is 2.68 bits per heavy atom. The number of fused-ring (bicyclic) bond motifs is 1. The summed E-state index contributed by atoms with van der Waals surface area (Å²) in [5.74, 6) is 1.38. The lowest BCUT2D eigenvalue weighted by atomic mass is 10.0. The molecule has 0 heterocycles. The van der Waals surface area contributed by atoms with Gasteiger partial charge in [0.1, 0.15) is 5.75 Å². The first-order chi connectivity index (χ1) is 9.22. The fraction of sp³-hybridized carbons (Fsp3) is 0.353. The predicted octanol–water partition coefficient (Wildman–Crippen LogP) is 4.47. The third kappa shape index (κ3) is 3.34. The maximum atomic E-state index is 11.3. The number of carbonyl (C=O) groups excluding carboxylic acids is 1. The molecule has 0 saturated heterocycles. The standard InChI is InChI=1S/C17H20O2/c1-13(2)6-5-11-19-17-10-9-14-7-3-4-8-15(14)16(17)12-18/h3-4,7-10,12-13H,5-6,11H2,1-2H3. The molecule has 2 rings (SSSR count). The van der Waals surface area contributed by atoms with E-state index < -0.39 is 0 Å². The molecule has 0 aromatic heterocycles. The van der Waals surface area contributed by atoms with Gasteiger partial charge in [0, 0.05) is 0 Å². The van der Waals surface area contributed by atoms with Gasteiger partial charge in [-0.05, 0) is 35.6 Å². The maximum Gasteiger partial charge on any atom is 0.154 e. The van der Waals surface area contributed by atoms with Crippen LogP contribution in [-0.2, 0) is 0 Å². The molecule has 2 aromatic rings. The van der Waals surface area contributed by atoms with E-state index in [1.165, 1.54) is 0 Å². The van der Waals surface area contributed by atoms with Gasteiger partial charge in [0.15, 0.2) is 6.29 Å². The molecule has 0 unspecified atom stereocenters. The third-order valence-corrected chi connectivity index (χ3v) is 3.23. The lowest BCUT2D eigenvalue weighted by Gasteiger charge is -2.11. The second kappa shape index (κ2) is 6.37. The van der Waals surface area contributed by atoms with Crippen molar-refractivity contribution in [3.8, 4) is 5.75 Å². The lowest BCUT2D eigenvalue weighted by molar-refractivity contribution is 0.112. The summed E-state index contributed by atoms with van der Waals surface area (Å²) in [5, 5.41) is 2.03. The Bertz CT molecular complexity index is 558. The number of carbonyl (C=O) groups is 1. The second-order valence-corrected chi connectivity index (χ2v) is 5.20. The van der Waals surface area contributed by atoms with Gasteiger partial charge in [-0.1, -0.05) is 44.2 Å². The zero-order chi connectivity index (χ0) is 13.7. The second-order valence-electron chi connectivity index (χ2n) is 5.20. The van der Waals surface area contributed by atoms with Gasteiger partial charge in [0.25, 0.3) is 0 Å². The molecular formula is C17H20O2. The van der Waals surface area contributed by atoms with E-state index >= 15 is 0 Å². The average Bonchev–Trinajstić information content (AvgIpc) is 2.42. The van der Waals surface area contributed by atoms with Crippen molar-refractivity contribution in [1.29, 1.82) is 0 Å². The van der Waals surface area contributed by atoms with Gasteiger partial charge in [-0.2, -0.15) is 0 Å². The first kappa shape index (κ1) is 13.6. The number of hydrogen-bond acceptors (Lipinski definition) is 2. The molecule has 0 spiro atoms. The quantitative estimate of drug-likeness (QED) is 0.563. The Kier molecular flexibility index (Phi) is 4.56. The van der Waals surface area contributed by atoms with Crippen molar-refractivity contribution in [2.45, 2.75) is 26.7 Å². The molecule has 0 aliphatic rings. The summed E-state index contributed by atoms with van der Waals surface area (Å²) in [6, 6.07) is 11.8. The van der Waals surface area contributed by atoms with Crippen LogP contribution in [0.4, 0.5) is 0 Å². The molecule has 0 aliphatic heterocycles. The van der Waals surface area contributed by atoms with Crippen molar-refractivity contribution in [2.75, 3.05) is 6.61 Å². The molecule has 0 N–H and O–H groups in total. The van der Waals surface area contributed by atoms with Gasteiger partial charge in [-0.25, -0.2) is 0 Å². The number of benzene rings is 2. The van der Waals surface area contributed by atoms with Gasteiger partial charge in [0.05, 0.1) is 12.2 Å². The molecule has 2 nitrogen and oxygen atoms in total. The monoisotopic (exact) mass is 256 g/mol. The number of hydrogen-bond donors (Lipinski definition) is 0. The lowest BCUT2D eigenvalue weighted by Crippen LogP contribution is -2.02. The molecule has 0 saturated carbocycles. The smallest absolute Gasteiger partial charge is 0.154 e. The summed E-state index contributed by atoms with van der Waals surface area (Å²) >= 11 is 0. The van der Waals surface area contributed by atoms with E-state index in [-0.39, 0.29) is 0 Å².